The lowest BCUT2D eigenvalue weighted by Crippen LogP contribution is -2.01. The SMILES string of the molecule is COc1cccc(C#N)c1Nc1cccc(Cl)c1[N+](=O)[O-]. The minimum atomic E-state index is -0.577. The van der Waals surface area contributed by atoms with Gasteiger partial charge in [0.25, 0.3) is 0 Å². The standard InChI is InChI=1S/C14H10ClN3O3/c1-21-12-7-2-4-9(8-16)13(12)17-11-6-3-5-10(15)14(11)18(19)20/h2-7,17H,1H3. The van der Waals surface area contributed by atoms with E-state index >= 15 is 0 Å². The zero-order chi connectivity index (χ0) is 15.4. The van der Waals surface area contributed by atoms with Gasteiger partial charge in [0.2, 0.25) is 0 Å². The fraction of sp³-hybridized carbons (Fsp3) is 0.0714. The number of ether oxygens (including phenoxy) is 1. The Labute approximate surface area is 125 Å². The number of rotatable bonds is 4. The summed E-state index contributed by atoms with van der Waals surface area (Å²) in [5, 5.41) is 23.1. The van der Waals surface area contributed by atoms with E-state index in [-0.39, 0.29) is 16.4 Å². The van der Waals surface area contributed by atoms with Crippen molar-refractivity contribution in [1.82, 2.24) is 0 Å². The minimum Gasteiger partial charge on any atom is -0.495 e. The molecule has 1 N–H and O–H groups in total. The minimum absolute atomic E-state index is 0.0124. The number of hydrogen-bond acceptors (Lipinski definition) is 5. The maximum absolute atomic E-state index is 11.1. The predicted octanol–water partition coefficient (Wildman–Crippen LogP) is 3.87. The van der Waals surface area contributed by atoms with Crippen LogP contribution in [0.15, 0.2) is 36.4 Å². The number of para-hydroxylation sites is 2. The zero-order valence-corrected chi connectivity index (χ0v) is 11.7. The van der Waals surface area contributed by atoms with Crippen LogP contribution in [0.2, 0.25) is 5.02 Å². The number of nitro groups is 1. The molecule has 0 atom stereocenters. The second kappa shape index (κ2) is 6.11. The first-order valence-electron chi connectivity index (χ1n) is 5.85. The van der Waals surface area contributed by atoms with Gasteiger partial charge in [-0.3, -0.25) is 10.1 Å². The fourth-order valence-electron chi connectivity index (χ4n) is 1.86. The normalized spacial score (nSPS) is 9.76. The van der Waals surface area contributed by atoms with E-state index in [2.05, 4.69) is 5.32 Å². The molecule has 2 aromatic carbocycles. The Morgan fingerprint density at radius 1 is 1.33 bits per heavy atom. The number of nitrogens with zero attached hydrogens (tertiary/aromatic N) is 2. The van der Waals surface area contributed by atoms with Crippen molar-refractivity contribution >= 4 is 28.7 Å². The van der Waals surface area contributed by atoms with Crippen LogP contribution in [0.5, 0.6) is 5.75 Å². The van der Waals surface area contributed by atoms with Crippen LogP contribution in [0.1, 0.15) is 5.56 Å². The summed E-state index contributed by atoms with van der Waals surface area (Å²) in [6.07, 6.45) is 0. The molecule has 0 bridgehead atoms. The van der Waals surface area contributed by atoms with Gasteiger partial charge in [-0.15, -0.1) is 0 Å². The molecule has 0 fully saturated rings. The number of nitro benzene ring substituents is 1. The topological polar surface area (TPSA) is 88.2 Å². The lowest BCUT2D eigenvalue weighted by molar-refractivity contribution is -0.383. The molecule has 0 amide bonds. The summed E-state index contributed by atoms with van der Waals surface area (Å²) in [6.45, 7) is 0. The summed E-state index contributed by atoms with van der Waals surface area (Å²) in [5.74, 6) is 0.406. The van der Waals surface area contributed by atoms with Crippen molar-refractivity contribution in [2.75, 3.05) is 12.4 Å². The Kier molecular flexibility index (Phi) is 4.26. The van der Waals surface area contributed by atoms with Crippen LogP contribution in [-0.4, -0.2) is 12.0 Å². The Bertz CT molecular complexity index is 741. The van der Waals surface area contributed by atoms with Crippen LogP contribution in [0.3, 0.4) is 0 Å². The molecule has 0 aliphatic carbocycles. The van der Waals surface area contributed by atoms with Gasteiger partial charge in [-0.2, -0.15) is 5.26 Å². The fourth-order valence-corrected chi connectivity index (χ4v) is 2.10. The van der Waals surface area contributed by atoms with Gasteiger partial charge in [0.15, 0.2) is 0 Å². The molecule has 2 aromatic rings. The highest BCUT2D eigenvalue weighted by Gasteiger charge is 2.20. The van der Waals surface area contributed by atoms with E-state index in [4.69, 9.17) is 21.6 Å². The Morgan fingerprint density at radius 2 is 2.05 bits per heavy atom. The number of nitriles is 1. The monoisotopic (exact) mass is 303 g/mol. The lowest BCUT2D eigenvalue weighted by Gasteiger charge is -2.13. The van der Waals surface area contributed by atoms with Gasteiger partial charge >= 0.3 is 5.69 Å². The van der Waals surface area contributed by atoms with Crippen molar-refractivity contribution < 1.29 is 9.66 Å². The average Bonchev–Trinajstić information content (AvgIpc) is 2.47. The maximum Gasteiger partial charge on any atom is 0.311 e. The Balaban J connectivity index is 2.56. The molecule has 2 rings (SSSR count). The van der Waals surface area contributed by atoms with Crippen LogP contribution in [0, 0.1) is 21.4 Å². The van der Waals surface area contributed by atoms with Crippen molar-refractivity contribution in [2.45, 2.75) is 0 Å². The first-order valence-corrected chi connectivity index (χ1v) is 6.23. The second-order valence-electron chi connectivity index (χ2n) is 4.01. The molecule has 6 nitrogen and oxygen atoms in total. The number of nitrogens with one attached hydrogen (secondary N) is 1. The first-order chi connectivity index (χ1) is 10.1. The van der Waals surface area contributed by atoms with Crippen molar-refractivity contribution in [2.24, 2.45) is 0 Å². The number of anilines is 2. The molecule has 0 radical (unpaired) electrons. The van der Waals surface area contributed by atoms with Gasteiger partial charge in [-0.1, -0.05) is 23.7 Å². The molecule has 0 saturated carbocycles. The molecule has 0 aromatic heterocycles. The molecule has 21 heavy (non-hydrogen) atoms. The first kappa shape index (κ1) is 14.6. The van der Waals surface area contributed by atoms with Gasteiger partial charge in [0, 0.05) is 0 Å². The lowest BCUT2D eigenvalue weighted by atomic mass is 10.1. The van der Waals surface area contributed by atoms with Crippen LogP contribution >= 0.6 is 11.6 Å². The molecule has 0 heterocycles. The van der Waals surface area contributed by atoms with Crippen molar-refractivity contribution in [1.29, 1.82) is 5.26 Å². The van der Waals surface area contributed by atoms with Crippen LogP contribution < -0.4 is 10.1 Å². The molecule has 7 heteroatoms. The molecule has 106 valence electrons. The van der Waals surface area contributed by atoms with E-state index in [1.807, 2.05) is 6.07 Å². The number of halogens is 1. The Hall–Kier alpha value is -2.78. The molecule has 0 aliphatic rings. The number of hydrogen-bond donors (Lipinski definition) is 1. The summed E-state index contributed by atoms with van der Waals surface area (Å²) in [6, 6.07) is 11.4. The Morgan fingerprint density at radius 3 is 2.67 bits per heavy atom. The molecule has 0 unspecified atom stereocenters. The van der Waals surface area contributed by atoms with E-state index < -0.39 is 4.92 Å². The van der Waals surface area contributed by atoms with E-state index in [0.717, 1.165) is 0 Å². The van der Waals surface area contributed by atoms with E-state index in [1.165, 1.54) is 19.2 Å². The number of benzene rings is 2. The summed E-state index contributed by atoms with van der Waals surface area (Å²) >= 11 is 5.86. The third kappa shape index (κ3) is 2.88. The number of methoxy groups -OCH3 is 1. The van der Waals surface area contributed by atoms with Gasteiger partial charge < -0.3 is 10.1 Å². The average molecular weight is 304 g/mol. The molecule has 0 saturated heterocycles. The summed E-state index contributed by atoms with van der Waals surface area (Å²) < 4.78 is 5.17. The third-order valence-corrected chi connectivity index (χ3v) is 3.10. The van der Waals surface area contributed by atoms with Gasteiger partial charge in [-0.25, -0.2) is 0 Å². The van der Waals surface area contributed by atoms with Gasteiger partial charge in [-0.05, 0) is 24.3 Å². The summed E-state index contributed by atoms with van der Waals surface area (Å²) in [5.41, 5.74) is 0.596. The predicted molar refractivity (Wildman–Crippen MR) is 79.1 cm³/mol. The summed E-state index contributed by atoms with van der Waals surface area (Å²) in [4.78, 5) is 10.5. The van der Waals surface area contributed by atoms with Gasteiger partial charge in [0.1, 0.15) is 22.5 Å². The van der Waals surface area contributed by atoms with E-state index in [9.17, 15) is 10.1 Å². The quantitative estimate of drug-likeness (QED) is 0.684. The maximum atomic E-state index is 11.1. The smallest absolute Gasteiger partial charge is 0.311 e. The molecular formula is C14H10ClN3O3. The highest BCUT2D eigenvalue weighted by molar-refractivity contribution is 6.33. The van der Waals surface area contributed by atoms with Crippen LogP contribution in [-0.2, 0) is 0 Å². The highest BCUT2D eigenvalue weighted by Crippen LogP contribution is 2.37. The molecular weight excluding hydrogens is 294 g/mol. The van der Waals surface area contributed by atoms with Crippen molar-refractivity contribution in [3.8, 4) is 11.8 Å². The largest absolute Gasteiger partial charge is 0.495 e. The van der Waals surface area contributed by atoms with Crippen molar-refractivity contribution in [3.05, 3.63) is 57.1 Å². The second-order valence-corrected chi connectivity index (χ2v) is 4.42. The van der Waals surface area contributed by atoms with Crippen LogP contribution in [0.25, 0.3) is 0 Å². The third-order valence-electron chi connectivity index (χ3n) is 2.80. The van der Waals surface area contributed by atoms with E-state index in [0.29, 0.717) is 17.0 Å². The molecule has 0 aliphatic heterocycles. The highest BCUT2D eigenvalue weighted by atomic mass is 35.5. The van der Waals surface area contributed by atoms with Gasteiger partial charge in [0.05, 0.1) is 23.3 Å². The van der Waals surface area contributed by atoms with Crippen LogP contribution in [0.4, 0.5) is 17.1 Å². The van der Waals surface area contributed by atoms with E-state index in [1.54, 1.807) is 24.3 Å². The summed E-state index contributed by atoms with van der Waals surface area (Å²) in [7, 11) is 1.45. The van der Waals surface area contributed by atoms with Crippen molar-refractivity contribution in [3.63, 3.8) is 0 Å². The molecule has 0 spiro atoms. The zero-order valence-electron chi connectivity index (χ0n) is 11.0.